The van der Waals surface area contributed by atoms with Crippen LogP contribution in [0.5, 0.6) is 0 Å². The molecular weight excluding hydrogens is 288 g/mol. The SMILES string of the molecule is CCCCCCCC/C=C\CCCCCC(C)C(C)(O)C(=O)O. The number of allylic oxidation sites excluding steroid dienone is 2. The van der Waals surface area contributed by atoms with Gasteiger partial charge in [-0.25, -0.2) is 4.79 Å². The van der Waals surface area contributed by atoms with E-state index in [0.29, 0.717) is 0 Å². The van der Waals surface area contributed by atoms with Crippen LogP contribution in [0.15, 0.2) is 12.2 Å². The summed E-state index contributed by atoms with van der Waals surface area (Å²) in [5, 5.41) is 18.8. The second-order valence-corrected chi connectivity index (χ2v) is 7.02. The van der Waals surface area contributed by atoms with E-state index in [4.69, 9.17) is 5.11 Å². The van der Waals surface area contributed by atoms with Gasteiger partial charge in [0.05, 0.1) is 0 Å². The highest BCUT2D eigenvalue weighted by Gasteiger charge is 2.35. The zero-order chi connectivity index (χ0) is 17.6. The second kappa shape index (κ2) is 13.6. The Hall–Kier alpha value is -0.830. The fourth-order valence-corrected chi connectivity index (χ4v) is 2.66. The average molecular weight is 327 g/mol. The maximum Gasteiger partial charge on any atom is 0.335 e. The highest BCUT2D eigenvalue weighted by molar-refractivity contribution is 5.76. The Morgan fingerprint density at radius 2 is 1.43 bits per heavy atom. The first-order valence-corrected chi connectivity index (χ1v) is 9.53. The first-order chi connectivity index (χ1) is 10.9. The predicted octanol–water partition coefficient (Wildman–Crippen LogP) is 5.72. The molecule has 0 fully saturated rings. The van der Waals surface area contributed by atoms with E-state index >= 15 is 0 Å². The van der Waals surface area contributed by atoms with Crippen LogP contribution < -0.4 is 0 Å². The number of unbranched alkanes of at least 4 members (excludes halogenated alkanes) is 9. The Morgan fingerprint density at radius 3 is 1.96 bits per heavy atom. The van der Waals surface area contributed by atoms with Crippen molar-refractivity contribution in [3.05, 3.63) is 12.2 Å². The lowest BCUT2D eigenvalue weighted by Gasteiger charge is -2.25. The molecule has 0 aliphatic heterocycles. The van der Waals surface area contributed by atoms with E-state index in [1.54, 1.807) is 0 Å². The average Bonchev–Trinajstić information content (AvgIpc) is 2.51. The number of carboxylic acid groups (broad SMARTS) is 1. The maximum atomic E-state index is 10.9. The van der Waals surface area contributed by atoms with Gasteiger partial charge in [-0.2, -0.15) is 0 Å². The van der Waals surface area contributed by atoms with Crippen LogP contribution in [0.2, 0.25) is 0 Å². The van der Waals surface area contributed by atoms with Crippen molar-refractivity contribution in [1.82, 2.24) is 0 Å². The molecule has 3 heteroatoms. The topological polar surface area (TPSA) is 57.5 Å². The monoisotopic (exact) mass is 326 g/mol. The zero-order valence-electron chi connectivity index (χ0n) is 15.5. The number of rotatable bonds is 15. The van der Waals surface area contributed by atoms with Crippen molar-refractivity contribution in [3.63, 3.8) is 0 Å². The summed E-state index contributed by atoms with van der Waals surface area (Å²) in [5.74, 6) is -1.33. The Kier molecular flexibility index (Phi) is 13.1. The number of aliphatic hydroxyl groups is 1. The van der Waals surface area contributed by atoms with E-state index in [1.807, 2.05) is 6.92 Å². The van der Waals surface area contributed by atoms with Crippen LogP contribution in [0.4, 0.5) is 0 Å². The molecule has 0 rings (SSSR count). The maximum absolute atomic E-state index is 10.9. The molecule has 0 aromatic heterocycles. The van der Waals surface area contributed by atoms with E-state index < -0.39 is 11.6 Å². The molecule has 0 aliphatic rings. The van der Waals surface area contributed by atoms with Crippen LogP contribution in [0, 0.1) is 5.92 Å². The van der Waals surface area contributed by atoms with Crippen LogP contribution in [-0.4, -0.2) is 21.8 Å². The Bertz CT molecular complexity index is 321. The van der Waals surface area contributed by atoms with Crippen LogP contribution in [-0.2, 0) is 4.79 Å². The van der Waals surface area contributed by atoms with E-state index in [9.17, 15) is 9.90 Å². The van der Waals surface area contributed by atoms with Crippen molar-refractivity contribution >= 4 is 5.97 Å². The molecule has 3 nitrogen and oxygen atoms in total. The normalized spacial score (nSPS) is 15.7. The zero-order valence-corrected chi connectivity index (χ0v) is 15.5. The lowest BCUT2D eigenvalue weighted by Crippen LogP contribution is -2.41. The molecule has 0 radical (unpaired) electrons. The van der Waals surface area contributed by atoms with E-state index in [1.165, 1.54) is 51.9 Å². The third-order valence-corrected chi connectivity index (χ3v) is 4.79. The van der Waals surface area contributed by atoms with Crippen LogP contribution >= 0.6 is 0 Å². The quantitative estimate of drug-likeness (QED) is 0.299. The first kappa shape index (κ1) is 22.2. The molecule has 0 amide bonds. The fourth-order valence-electron chi connectivity index (χ4n) is 2.66. The van der Waals surface area contributed by atoms with Gasteiger partial charge in [-0.15, -0.1) is 0 Å². The summed E-state index contributed by atoms with van der Waals surface area (Å²) in [6, 6.07) is 0. The van der Waals surface area contributed by atoms with Crippen molar-refractivity contribution in [2.75, 3.05) is 0 Å². The summed E-state index contributed by atoms with van der Waals surface area (Å²) in [7, 11) is 0. The Morgan fingerprint density at radius 1 is 0.957 bits per heavy atom. The largest absolute Gasteiger partial charge is 0.479 e. The lowest BCUT2D eigenvalue weighted by molar-refractivity contribution is -0.162. The van der Waals surface area contributed by atoms with Crippen LogP contribution in [0.3, 0.4) is 0 Å². The molecule has 136 valence electrons. The molecule has 0 aliphatic carbocycles. The van der Waals surface area contributed by atoms with E-state index in [0.717, 1.165) is 32.1 Å². The fraction of sp³-hybridized carbons (Fsp3) is 0.850. The van der Waals surface area contributed by atoms with Gasteiger partial charge in [0.15, 0.2) is 5.60 Å². The molecule has 2 N–H and O–H groups in total. The standard InChI is InChI=1S/C20H38O3/c1-4-5-6-7-8-9-10-11-12-13-14-15-16-17-18(2)20(3,23)19(21)22/h11-12,18,23H,4-10,13-17H2,1-3H3,(H,21,22)/b12-11-. The van der Waals surface area contributed by atoms with E-state index in [2.05, 4.69) is 19.1 Å². The van der Waals surface area contributed by atoms with Crippen molar-refractivity contribution in [1.29, 1.82) is 0 Å². The Labute approximate surface area is 143 Å². The van der Waals surface area contributed by atoms with Gasteiger partial charge in [0.2, 0.25) is 0 Å². The highest BCUT2D eigenvalue weighted by atomic mass is 16.4. The summed E-state index contributed by atoms with van der Waals surface area (Å²) in [4.78, 5) is 10.9. The smallest absolute Gasteiger partial charge is 0.335 e. The Balaban J connectivity index is 3.45. The third kappa shape index (κ3) is 11.4. The number of carbonyl (C=O) groups is 1. The minimum atomic E-state index is -1.60. The first-order valence-electron chi connectivity index (χ1n) is 9.53. The van der Waals surface area contributed by atoms with Crippen LogP contribution in [0.25, 0.3) is 0 Å². The molecule has 23 heavy (non-hydrogen) atoms. The van der Waals surface area contributed by atoms with Gasteiger partial charge in [0.25, 0.3) is 0 Å². The van der Waals surface area contributed by atoms with Gasteiger partial charge in [-0.3, -0.25) is 0 Å². The lowest BCUT2D eigenvalue weighted by atomic mass is 9.86. The molecule has 0 spiro atoms. The summed E-state index contributed by atoms with van der Waals surface area (Å²) >= 11 is 0. The molecule has 0 heterocycles. The molecule has 0 aromatic carbocycles. The highest BCUT2D eigenvalue weighted by Crippen LogP contribution is 2.23. The van der Waals surface area contributed by atoms with E-state index in [-0.39, 0.29) is 5.92 Å². The molecule has 2 atom stereocenters. The third-order valence-electron chi connectivity index (χ3n) is 4.79. The van der Waals surface area contributed by atoms with Gasteiger partial charge >= 0.3 is 5.97 Å². The number of hydrogen-bond donors (Lipinski definition) is 2. The van der Waals surface area contributed by atoms with Gasteiger partial charge in [-0.1, -0.05) is 70.9 Å². The van der Waals surface area contributed by atoms with Crippen LogP contribution in [0.1, 0.15) is 97.8 Å². The molecule has 0 bridgehead atoms. The minimum absolute atomic E-state index is 0.205. The second-order valence-electron chi connectivity index (χ2n) is 7.02. The summed E-state index contributed by atoms with van der Waals surface area (Å²) < 4.78 is 0. The van der Waals surface area contributed by atoms with Crippen molar-refractivity contribution < 1.29 is 15.0 Å². The summed E-state index contributed by atoms with van der Waals surface area (Å²) in [6.45, 7) is 5.46. The van der Waals surface area contributed by atoms with Gasteiger partial charge in [-0.05, 0) is 44.9 Å². The van der Waals surface area contributed by atoms with Gasteiger partial charge < -0.3 is 10.2 Å². The summed E-state index contributed by atoms with van der Waals surface area (Å²) in [5.41, 5.74) is -1.60. The molecule has 2 unspecified atom stereocenters. The number of carboxylic acids is 1. The molecule has 0 saturated heterocycles. The molecule has 0 saturated carbocycles. The summed E-state index contributed by atoms with van der Waals surface area (Å²) in [6.07, 6.45) is 19.0. The van der Waals surface area contributed by atoms with Crippen molar-refractivity contribution in [2.24, 2.45) is 5.92 Å². The molecular formula is C20H38O3. The predicted molar refractivity (Wildman–Crippen MR) is 97.6 cm³/mol. The van der Waals surface area contributed by atoms with Crippen molar-refractivity contribution in [2.45, 2.75) is 103 Å². The minimum Gasteiger partial charge on any atom is -0.479 e. The number of hydrogen-bond acceptors (Lipinski definition) is 2. The number of aliphatic carboxylic acids is 1. The van der Waals surface area contributed by atoms with Crippen molar-refractivity contribution in [3.8, 4) is 0 Å². The van der Waals surface area contributed by atoms with Gasteiger partial charge in [0, 0.05) is 0 Å². The molecule has 0 aromatic rings. The van der Waals surface area contributed by atoms with Gasteiger partial charge in [0.1, 0.15) is 0 Å².